The molecule has 94 valence electrons. The molecule has 0 heterocycles. The fourth-order valence-electron chi connectivity index (χ4n) is 1.46. The van der Waals surface area contributed by atoms with Crippen molar-refractivity contribution < 1.29 is 4.39 Å². The van der Waals surface area contributed by atoms with E-state index in [9.17, 15) is 4.39 Å². The largest absolute Gasteiger partial charge is 0.349 e. The molecule has 0 saturated carbocycles. The van der Waals surface area contributed by atoms with Gasteiger partial charge in [0.2, 0.25) is 5.96 Å². The first-order chi connectivity index (χ1) is 8.08. The number of benzene rings is 1. The summed E-state index contributed by atoms with van der Waals surface area (Å²) in [5.74, 6) is 5.62. The van der Waals surface area contributed by atoms with Gasteiger partial charge in [0, 0.05) is 6.54 Å². The molecular weight excluding hydrogens is 219 g/mol. The maximum Gasteiger partial charge on any atom is 0.206 e. The van der Waals surface area contributed by atoms with Gasteiger partial charge in [0.25, 0.3) is 0 Å². The minimum atomic E-state index is -0.203. The Morgan fingerprint density at radius 1 is 1.53 bits per heavy atom. The SMILES string of the molecule is CCN=C(NN)NC(C)c1ccc(C)c(F)c1. The molecule has 1 aromatic rings. The molecule has 0 amide bonds. The van der Waals surface area contributed by atoms with Crippen LogP contribution in [-0.4, -0.2) is 12.5 Å². The standard InChI is InChI=1S/C12H19FN4/c1-4-15-12(17-14)16-9(3)10-6-5-8(2)11(13)7-10/h5-7,9H,4,14H2,1-3H3,(H2,15,16,17). The molecule has 4 N–H and O–H groups in total. The summed E-state index contributed by atoms with van der Waals surface area (Å²) < 4.78 is 13.4. The molecule has 0 aliphatic heterocycles. The minimum Gasteiger partial charge on any atom is -0.349 e. The molecule has 17 heavy (non-hydrogen) atoms. The van der Waals surface area contributed by atoms with E-state index in [1.165, 1.54) is 6.07 Å². The Morgan fingerprint density at radius 2 is 2.24 bits per heavy atom. The van der Waals surface area contributed by atoms with Crippen LogP contribution in [-0.2, 0) is 0 Å². The lowest BCUT2D eigenvalue weighted by atomic mass is 10.1. The maximum absolute atomic E-state index is 13.4. The fourth-order valence-corrected chi connectivity index (χ4v) is 1.46. The highest BCUT2D eigenvalue weighted by Crippen LogP contribution is 2.15. The minimum absolute atomic E-state index is 0.0635. The lowest BCUT2D eigenvalue weighted by Gasteiger charge is -2.17. The van der Waals surface area contributed by atoms with Crippen molar-refractivity contribution in [3.05, 3.63) is 35.1 Å². The molecule has 0 radical (unpaired) electrons. The molecule has 1 aromatic carbocycles. The molecule has 4 nitrogen and oxygen atoms in total. The highest BCUT2D eigenvalue weighted by atomic mass is 19.1. The van der Waals surface area contributed by atoms with Crippen LogP contribution in [0.1, 0.15) is 31.0 Å². The first-order valence-electron chi connectivity index (χ1n) is 5.62. The Hall–Kier alpha value is -1.62. The number of nitrogens with one attached hydrogen (secondary N) is 2. The van der Waals surface area contributed by atoms with E-state index in [0.717, 1.165) is 5.56 Å². The highest BCUT2D eigenvalue weighted by Gasteiger charge is 2.08. The third-order valence-electron chi connectivity index (χ3n) is 2.50. The second-order valence-corrected chi connectivity index (χ2v) is 3.84. The number of nitrogens with two attached hydrogens (primary N) is 1. The smallest absolute Gasteiger partial charge is 0.206 e. The highest BCUT2D eigenvalue weighted by molar-refractivity contribution is 5.79. The predicted molar refractivity (Wildman–Crippen MR) is 68.0 cm³/mol. The number of aliphatic imine (C=N–C) groups is 1. The first-order valence-corrected chi connectivity index (χ1v) is 5.62. The second kappa shape index (κ2) is 6.20. The molecule has 0 saturated heterocycles. The van der Waals surface area contributed by atoms with Crippen LogP contribution in [0.4, 0.5) is 4.39 Å². The molecule has 0 spiro atoms. The zero-order valence-electron chi connectivity index (χ0n) is 10.4. The summed E-state index contributed by atoms with van der Waals surface area (Å²) in [4.78, 5) is 4.12. The van der Waals surface area contributed by atoms with Crippen LogP contribution in [0.15, 0.2) is 23.2 Å². The maximum atomic E-state index is 13.4. The Balaban J connectivity index is 2.78. The van der Waals surface area contributed by atoms with Crippen molar-refractivity contribution in [2.75, 3.05) is 6.54 Å². The van der Waals surface area contributed by atoms with Crippen molar-refractivity contribution in [2.24, 2.45) is 10.8 Å². The second-order valence-electron chi connectivity index (χ2n) is 3.84. The Labute approximate surface area is 101 Å². The lowest BCUT2D eigenvalue weighted by molar-refractivity contribution is 0.607. The van der Waals surface area contributed by atoms with Crippen molar-refractivity contribution in [1.82, 2.24) is 10.7 Å². The van der Waals surface area contributed by atoms with Gasteiger partial charge in [-0.05, 0) is 38.0 Å². The summed E-state index contributed by atoms with van der Waals surface area (Å²) in [5.41, 5.74) is 3.97. The number of hydrogen-bond donors (Lipinski definition) is 3. The van der Waals surface area contributed by atoms with Gasteiger partial charge in [-0.25, -0.2) is 10.2 Å². The molecule has 5 heteroatoms. The van der Waals surface area contributed by atoms with Crippen molar-refractivity contribution in [3.63, 3.8) is 0 Å². The van der Waals surface area contributed by atoms with Crippen LogP contribution >= 0.6 is 0 Å². The van der Waals surface area contributed by atoms with E-state index in [2.05, 4.69) is 15.7 Å². The molecule has 1 atom stereocenters. The number of hydrazine groups is 1. The van der Waals surface area contributed by atoms with Crippen molar-refractivity contribution in [3.8, 4) is 0 Å². The summed E-state index contributed by atoms with van der Waals surface area (Å²) in [6.07, 6.45) is 0. The number of hydrogen-bond acceptors (Lipinski definition) is 2. The zero-order chi connectivity index (χ0) is 12.8. The van der Waals surface area contributed by atoms with E-state index in [-0.39, 0.29) is 11.9 Å². The molecule has 1 rings (SSSR count). The van der Waals surface area contributed by atoms with Gasteiger partial charge in [-0.15, -0.1) is 0 Å². The van der Waals surface area contributed by atoms with Crippen molar-refractivity contribution in [1.29, 1.82) is 0 Å². The van der Waals surface area contributed by atoms with E-state index < -0.39 is 0 Å². The molecule has 0 bridgehead atoms. The van der Waals surface area contributed by atoms with E-state index in [1.54, 1.807) is 13.0 Å². The summed E-state index contributed by atoms with van der Waals surface area (Å²) in [7, 11) is 0. The summed E-state index contributed by atoms with van der Waals surface area (Å²) >= 11 is 0. The molecule has 0 aromatic heterocycles. The Bertz CT molecular complexity index is 403. The molecule has 0 fully saturated rings. The topological polar surface area (TPSA) is 62.4 Å². The third-order valence-corrected chi connectivity index (χ3v) is 2.50. The molecular formula is C12H19FN4. The number of guanidine groups is 1. The zero-order valence-corrected chi connectivity index (χ0v) is 10.4. The van der Waals surface area contributed by atoms with Crippen LogP contribution in [0.3, 0.4) is 0 Å². The first kappa shape index (κ1) is 13.4. The third kappa shape index (κ3) is 3.71. The number of halogens is 1. The van der Waals surface area contributed by atoms with Gasteiger partial charge in [0.05, 0.1) is 6.04 Å². The van der Waals surface area contributed by atoms with E-state index in [0.29, 0.717) is 18.1 Å². The van der Waals surface area contributed by atoms with Gasteiger partial charge in [-0.1, -0.05) is 12.1 Å². The van der Waals surface area contributed by atoms with Crippen molar-refractivity contribution in [2.45, 2.75) is 26.8 Å². The van der Waals surface area contributed by atoms with Gasteiger partial charge in [-0.3, -0.25) is 10.4 Å². The van der Waals surface area contributed by atoms with Gasteiger partial charge < -0.3 is 5.32 Å². The van der Waals surface area contributed by atoms with Crippen LogP contribution in [0.5, 0.6) is 0 Å². The number of rotatable bonds is 3. The monoisotopic (exact) mass is 238 g/mol. The summed E-state index contributed by atoms with van der Waals surface area (Å²) in [6, 6.07) is 5.10. The van der Waals surface area contributed by atoms with E-state index in [1.807, 2.05) is 19.9 Å². The van der Waals surface area contributed by atoms with Gasteiger partial charge in [0.15, 0.2) is 0 Å². The van der Waals surface area contributed by atoms with E-state index in [4.69, 9.17) is 5.84 Å². The Morgan fingerprint density at radius 3 is 2.76 bits per heavy atom. The molecule has 0 aliphatic carbocycles. The predicted octanol–water partition coefficient (Wildman–Crippen LogP) is 1.62. The van der Waals surface area contributed by atoms with E-state index >= 15 is 0 Å². The summed E-state index contributed by atoms with van der Waals surface area (Å²) in [5, 5.41) is 3.08. The Kier molecular flexibility index (Phi) is 4.90. The average molecular weight is 238 g/mol. The molecule has 1 unspecified atom stereocenters. The van der Waals surface area contributed by atoms with Gasteiger partial charge >= 0.3 is 0 Å². The van der Waals surface area contributed by atoms with Crippen LogP contribution in [0.25, 0.3) is 0 Å². The van der Waals surface area contributed by atoms with Gasteiger partial charge in [0.1, 0.15) is 5.82 Å². The number of nitrogens with zero attached hydrogens (tertiary/aromatic N) is 1. The average Bonchev–Trinajstić information content (AvgIpc) is 2.31. The van der Waals surface area contributed by atoms with Crippen LogP contribution in [0.2, 0.25) is 0 Å². The molecule has 0 aliphatic rings. The van der Waals surface area contributed by atoms with Crippen molar-refractivity contribution >= 4 is 5.96 Å². The van der Waals surface area contributed by atoms with Crippen LogP contribution in [0, 0.1) is 12.7 Å². The lowest BCUT2D eigenvalue weighted by Crippen LogP contribution is -2.42. The quantitative estimate of drug-likeness (QED) is 0.324. The van der Waals surface area contributed by atoms with Gasteiger partial charge in [-0.2, -0.15) is 0 Å². The fraction of sp³-hybridized carbons (Fsp3) is 0.417. The normalized spacial score (nSPS) is 13.4. The number of aryl methyl sites for hydroxylation is 1. The summed E-state index contributed by atoms with van der Waals surface area (Å²) in [6.45, 7) is 6.20. The van der Waals surface area contributed by atoms with Crippen LogP contribution < -0.4 is 16.6 Å².